The zero-order chi connectivity index (χ0) is 12.1. The van der Waals surface area contributed by atoms with Gasteiger partial charge in [-0.15, -0.1) is 12.4 Å². The number of halogens is 2. The second kappa shape index (κ2) is 7.14. The van der Waals surface area contributed by atoms with Crippen molar-refractivity contribution in [1.29, 1.82) is 5.41 Å². The van der Waals surface area contributed by atoms with Crippen LogP contribution in [0.5, 0.6) is 0 Å². The monoisotopic (exact) mass is 277 g/mol. The van der Waals surface area contributed by atoms with Crippen LogP contribution in [0.25, 0.3) is 0 Å². The maximum Gasteiger partial charge on any atom is 0.515 e. The normalized spacial score (nSPS) is 9.12. The standard InChI is InChI=1S/C11H12ClNO3.ClH/c1-3-15-11(14)16-10(13)8-5-4-7(2)9(12)6-8;/h4-6,13H,3H2,1-2H3;1H. The molecule has 1 N–H and O–H groups in total. The highest BCUT2D eigenvalue weighted by atomic mass is 35.5. The van der Waals surface area contributed by atoms with E-state index in [2.05, 4.69) is 9.47 Å². The fourth-order valence-corrected chi connectivity index (χ4v) is 1.20. The Bertz CT molecular complexity index is 421. The molecule has 0 bridgehead atoms. The van der Waals surface area contributed by atoms with Crippen LogP contribution in [0.1, 0.15) is 18.1 Å². The van der Waals surface area contributed by atoms with Crippen molar-refractivity contribution >= 4 is 36.1 Å². The Morgan fingerprint density at radius 1 is 1.47 bits per heavy atom. The van der Waals surface area contributed by atoms with Crippen molar-refractivity contribution in [2.75, 3.05) is 6.61 Å². The minimum atomic E-state index is -0.885. The van der Waals surface area contributed by atoms with Crippen LogP contribution >= 0.6 is 24.0 Å². The van der Waals surface area contributed by atoms with Gasteiger partial charge in [-0.05, 0) is 31.5 Å². The van der Waals surface area contributed by atoms with Gasteiger partial charge < -0.3 is 9.47 Å². The first-order valence-electron chi connectivity index (χ1n) is 4.74. The minimum Gasteiger partial charge on any atom is -0.434 e. The van der Waals surface area contributed by atoms with E-state index in [1.54, 1.807) is 25.1 Å². The molecule has 94 valence electrons. The summed E-state index contributed by atoms with van der Waals surface area (Å²) in [6.45, 7) is 3.72. The molecule has 0 unspecified atom stereocenters. The summed E-state index contributed by atoms with van der Waals surface area (Å²) in [4.78, 5) is 11.0. The summed E-state index contributed by atoms with van der Waals surface area (Å²) >= 11 is 5.89. The first-order chi connectivity index (χ1) is 7.54. The maximum atomic E-state index is 11.0. The van der Waals surface area contributed by atoms with Crippen LogP contribution in [0.3, 0.4) is 0 Å². The van der Waals surface area contributed by atoms with Crippen molar-refractivity contribution in [3.05, 3.63) is 34.3 Å². The second-order valence-corrected chi connectivity index (χ2v) is 3.49. The molecule has 0 saturated carbocycles. The molecule has 0 saturated heterocycles. The molecule has 17 heavy (non-hydrogen) atoms. The van der Waals surface area contributed by atoms with Crippen LogP contribution in [-0.2, 0) is 9.47 Å². The van der Waals surface area contributed by atoms with E-state index in [0.29, 0.717) is 10.6 Å². The van der Waals surface area contributed by atoms with E-state index in [9.17, 15) is 4.79 Å². The van der Waals surface area contributed by atoms with E-state index in [0.717, 1.165) is 5.56 Å². The Balaban J connectivity index is 0.00000256. The van der Waals surface area contributed by atoms with E-state index < -0.39 is 6.16 Å². The minimum absolute atomic E-state index is 0. The molecule has 0 spiro atoms. The van der Waals surface area contributed by atoms with Crippen molar-refractivity contribution in [2.45, 2.75) is 13.8 Å². The third kappa shape index (κ3) is 4.63. The lowest BCUT2D eigenvalue weighted by atomic mass is 10.1. The highest BCUT2D eigenvalue weighted by Crippen LogP contribution is 2.17. The average molecular weight is 278 g/mol. The molecular formula is C11H13Cl2NO3. The molecule has 1 rings (SSSR count). The van der Waals surface area contributed by atoms with Crippen molar-refractivity contribution in [2.24, 2.45) is 0 Å². The van der Waals surface area contributed by atoms with Gasteiger partial charge in [-0.1, -0.05) is 17.7 Å². The number of ether oxygens (including phenoxy) is 2. The molecule has 0 aliphatic heterocycles. The van der Waals surface area contributed by atoms with Gasteiger partial charge >= 0.3 is 6.16 Å². The topological polar surface area (TPSA) is 59.4 Å². The molecule has 0 fully saturated rings. The Morgan fingerprint density at radius 3 is 2.65 bits per heavy atom. The van der Waals surface area contributed by atoms with Gasteiger partial charge in [0.2, 0.25) is 5.90 Å². The first kappa shape index (κ1) is 15.7. The van der Waals surface area contributed by atoms with E-state index >= 15 is 0 Å². The predicted molar refractivity (Wildman–Crippen MR) is 68.4 cm³/mol. The van der Waals surface area contributed by atoms with E-state index in [4.69, 9.17) is 17.0 Å². The van der Waals surface area contributed by atoms with E-state index in [-0.39, 0.29) is 24.9 Å². The molecule has 1 aromatic carbocycles. The van der Waals surface area contributed by atoms with Gasteiger partial charge in [0.05, 0.1) is 6.61 Å². The molecule has 0 amide bonds. The summed E-state index contributed by atoms with van der Waals surface area (Å²) in [6, 6.07) is 4.97. The highest BCUT2D eigenvalue weighted by Gasteiger charge is 2.10. The number of hydrogen-bond donors (Lipinski definition) is 1. The molecule has 0 aliphatic rings. The summed E-state index contributed by atoms with van der Waals surface area (Å²) in [5.41, 5.74) is 1.33. The quantitative estimate of drug-likeness (QED) is 0.511. The predicted octanol–water partition coefficient (Wildman–Crippen LogP) is 3.57. The van der Waals surface area contributed by atoms with Gasteiger partial charge in [0.25, 0.3) is 0 Å². The van der Waals surface area contributed by atoms with E-state index in [1.165, 1.54) is 0 Å². The molecule has 6 heteroatoms. The van der Waals surface area contributed by atoms with Crippen molar-refractivity contribution in [1.82, 2.24) is 0 Å². The zero-order valence-electron chi connectivity index (χ0n) is 9.45. The van der Waals surface area contributed by atoms with Gasteiger partial charge in [-0.3, -0.25) is 5.41 Å². The van der Waals surface area contributed by atoms with Crippen LogP contribution in [-0.4, -0.2) is 18.7 Å². The van der Waals surface area contributed by atoms with Gasteiger partial charge in [0.1, 0.15) is 0 Å². The number of hydrogen-bond acceptors (Lipinski definition) is 4. The number of rotatable bonds is 2. The van der Waals surface area contributed by atoms with Gasteiger partial charge in [-0.2, -0.15) is 0 Å². The number of carbonyl (C=O) groups excluding carboxylic acids is 1. The lowest BCUT2D eigenvalue weighted by Crippen LogP contribution is -2.13. The fraction of sp³-hybridized carbons (Fsp3) is 0.273. The summed E-state index contributed by atoms with van der Waals surface area (Å²) in [5, 5.41) is 8.05. The van der Waals surface area contributed by atoms with E-state index in [1.807, 2.05) is 6.92 Å². The molecule has 0 heterocycles. The van der Waals surface area contributed by atoms with Crippen LogP contribution in [0, 0.1) is 12.3 Å². The van der Waals surface area contributed by atoms with Gasteiger partial charge in [0.15, 0.2) is 0 Å². The Hall–Kier alpha value is -1.26. The summed E-state index contributed by atoms with van der Waals surface area (Å²) in [6.07, 6.45) is -0.885. The van der Waals surface area contributed by atoms with Crippen LogP contribution in [0.15, 0.2) is 18.2 Å². The average Bonchev–Trinajstić information content (AvgIpc) is 2.22. The summed E-state index contributed by atoms with van der Waals surface area (Å²) in [7, 11) is 0. The van der Waals surface area contributed by atoms with Crippen molar-refractivity contribution < 1.29 is 14.3 Å². The molecule has 4 nitrogen and oxygen atoms in total. The highest BCUT2D eigenvalue weighted by molar-refractivity contribution is 6.31. The number of benzene rings is 1. The third-order valence-corrected chi connectivity index (χ3v) is 2.29. The lowest BCUT2D eigenvalue weighted by molar-refractivity contribution is 0.100. The third-order valence-electron chi connectivity index (χ3n) is 1.88. The zero-order valence-corrected chi connectivity index (χ0v) is 11.0. The SMILES string of the molecule is CCOC(=O)OC(=N)c1ccc(C)c(Cl)c1.Cl. The summed E-state index contributed by atoms with van der Waals surface area (Å²) < 4.78 is 9.19. The van der Waals surface area contributed by atoms with Crippen LogP contribution in [0.2, 0.25) is 5.02 Å². The van der Waals surface area contributed by atoms with Crippen molar-refractivity contribution in [3.8, 4) is 0 Å². The Labute approximate surface area is 111 Å². The number of aryl methyl sites for hydroxylation is 1. The molecule has 0 atom stereocenters. The molecule has 1 aromatic rings. The van der Waals surface area contributed by atoms with Crippen molar-refractivity contribution in [3.63, 3.8) is 0 Å². The molecule has 0 radical (unpaired) electrons. The van der Waals surface area contributed by atoms with Gasteiger partial charge in [-0.25, -0.2) is 4.79 Å². The first-order valence-corrected chi connectivity index (χ1v) is 5.12. The number of carbonyl (C=O) groups is 1. The number of nitrogens with one attached hydrogen (secondary N) is 1. The molecule has 0 aliphatic carbocycles. The molecule has 0 aromatic heterocycles. The largest absolute Gasteiger partial charge is 0.515 e. The second-order valence-electron chi connectivity index (χ2n) is 3.08. The lowest BCUT2D eigenvalue weighted by Gasteiger charge is -2.06. The molecular weight excluding hydrogens is 265 g/mol. The Morgan fingerprint density at radius 2 is 2.12 bits per heavy atom. The van der Waals surface area contributed by atoms with Gasteiger partial charge in [0, 0.05) is 10.6 Å². The summed E-state index contributed by atoms with van der Waals surface area (Å²) in [5.74, 6) is -0.277. The smallest absolute Gasteiger partial charge is 0.434 e. The van der Waals surface area contributed by atoms with Crippen LogP contribution < -0.4 is 0 Å². The Kier molecular flexibility index (Phi) is 6.61. The maximum absolute atomic E-state index is 11.0. The fourth-order valence-electron chi connectivity index (χ4n) is 1.02. The van der Waals surface area contributed by atoms with Crippen LogP contribution in [0.4, 0.5) is 4.79 Å².